The molecular weight excluding hydrogens is 230 g/mol. The van der Waals surface area contributed by atoms with Crippen LogP contribution in [0.25, 0.3) is 0 Å². The molecule has 0 aliphatic heterocycles. The van der Waals surface area contributed by atoms with Crippen LogP contribution in [0, 0.1) is 23.0 Å². The van der Waals surface area contributed by atoms with Crippen molar-refractivity contribution in [2.45, 2.75) is 12.8 Å². The molecule has 0 fully saturated rings. The van der Waals surface area contributed by atoms with Crippen LogP contribution in [0.3, 0.4) is 0 Å². The van der Waals surface area contributed by atoms with Gasteiger partial charge in [-0.3, -0.25) is 4.79 Å². The number of rotatable bonds is 5. The fourth-order valence-corrected chi connectivity index (χ4v) is 1.26. The molecule has 2 N–H and O–H groups in total. The van der Waals surface area contributed by atoms with Gasteiger partial charge in [-0.1, -0.05) is 0 Å². The van der Waals surface area contributed by atoms with Crippen LogP contribution in [0.1, 0.15) is 18.4 Å². The molecule has 1 rings (SSSR count). The zero-order valence-corrected chi connectivity index (χ0v) is 8.83. The molecule has 1 aromatic rings. The van der Waals surface area contributed by atoms with Gasteiger partial charge in [-0.25, -0.2) is 8.78 Å². The van der Waals surface area contributed by atoms with Gasteiger partial charge in [0.25, 0.3) is 0 Å². The van der Waals surface area contributed by atoms with Gasteiger partial charge in [0.2, 0.25) is 0 Å². The number of hydrogen-bond acceptors (Lipinski definition) is 3. The van der Waals surface area contributed by atoms with Gasteiger partial charge < -0.3 is 10.4 Å². The molecule has 0 bridgehead atoms. The van der Waals surface area contributed by atoms with Crippen LogP contribution in [-0.2, 0) is 4.79 Å². The number of hydrogen-bond donors (Lipinski definition) is 2. The highest BCUT2D eigenvalue weighted by molar-refractivity contribution is 5.66. The Labute approximate surface area is 96.5 Å². The van der Waals surface area contributed by atoms with Gasteiger partial charge in [0.05, 0.1) is 11.6 Å². The van der Waals surface area contributed by atoms with E-state index in [1.165, 1.54) is 0 Å². The molecule has 4 nitrogen and oxygen atoms in total. The van der Waals surface area contributed by atoms with Crippen LogP contribution in [0.2, 0.25) is 0 Å². The molecule has 0 spiro atoms. The van der Waals surface area contributed by atoms with Crippen LogP contribution >= 0.6 is 0 Å². The minimum atomic E-state index is -0.965. The number of carbonyl (C=O) groups is 1. The summed E-state index contributed by atoms with van der Waals surface area (Å²) in [4.78, 5) is 10.2. The van der Waals surface area contributed by atoms with E-state index in [2.05, 4.69) is 5.32 Å². The standard InChI is InChI=1S/C11H10F2N2O2/c12-8-4-7(6-14)5-9(13)11(8)15-3-1-2-10(16)17/h4-5,15H,1-3H2,(H,16,17). The first-order valence-corrected chi connectivity index (χ1v) is 4.89. The molecule has 1 aromatic carbocycles. The van der Waals surface area contributed by atoms with Gasteiger partial charge in [-0.05, 0) is 18.6 Å². The molecule has 0 saturated carbocycles. The van der Waals surface area contributed by atoms with Crippen LogP contribution in [0.4, 0.5) is 14.5 Å². The fraction of sp³-hybridized carbons (Fsp3) is 0.273. The molecule has 0 aliphatic rings. The van der Waals surface area contributed by atoms with Crippen LogP contribution in [0.15, 0.2) is 12.1 Å². The highest BCUT2D eigenvalue weighted by atomic mass is 19.1. The third kappa shape index (κ3) is 3.72. The molecule has 0 atom stereocenters. The molecule has 0 heterocycles. The second-order valence-electron chi connectivity index (χ2n) is 3.35. The lowest BCUT2D eigenvalue weighted by Gasteiger charge is -2.08. The van der Waals surface area contributed by atoms with Gasteiger partial charge >= 0.3 is 5.97 Å². The first-order chi connectivity index (χ1) is 8.04. The number of benzene rings is 1. The summed E-state index contributed by atoms with van der Waals surface area (Å²) in [5.74, 6) is -2.69. The van der Waals surface area contributed by atoms with Crippen molar-refractivity contribution >= 4 is 11.7 Å². The van der Waals surface area contributed by atoms with E-state index in [0.29, 0.717) is 0 Å². The highest BCUT2D eigenvalue weighted by Crippen LogP contribution is 2.20. The predicted molar refractivity (Wildman–Crippen MR) is 56.4 cm³/mol. The minimum absolute atomic E-state index is 0.0769. The average molecular weight is 240 g/mol. The van der Waals surface area contributed by atoms with Crippen molar-refractivity contribution in [3.8, 4) is 6.07 Å². The Morgan fingerprint density at radius 1 is 1.41 bits per heavy atom. The zero-order valence-electron chi connectivity index (χ0n) is 8.83. The number of nitriles is 1. The predicted octanol–water partition coefficient (Wildman–Crippen LogP) is 2.11. The second-order valence-corrected chi connectivity index (χ2v) is 3.35. The maximum atomic E-state index is 13.3. The van der Waals surface area contributed by atoms with Gasteiger partial charge in [0, 0.05) is 13.0 Å². The number of carboxylic acid groups (broad SMARTS) is 1. The number of carboxylic acids is 1. The second kappa shape index (κ2) is 5.80. The van der Waals surface area contributed by atoms with Crippen molar-refractivity contribution in [3.63, 3.8) is 0 Å². The highest BCUT2D eigenvalue weighted by Gasteiger charge is 2.10. The number of anilines is 1. The average Bonchev–Trinajstić information content (AvgIpc) is 2.26. The molecule has 90 valence electrons. The Morgan fingerprint density at radius 3 is 2.47 bits per heavy atom. The Kier molecular flexibility index (Phi) is 4.40. The van der Waals surface area contributed by atoms with Crippen LogP contribution in [-0.4, -0.2) is 17.6 Å². The Morgan fingerprint density at radius 2 is 2.00 bits per heavy atom. The third-order valence-electron chi connectivity index (χ3n) is 2.04. The van der Waals surface area contributed by atoms with Crippen molar-refractivity contribution in [2.24, 2.45) is 0 Å². The van der Waals surface area contributed by atoms with Gasteiger partial charge in [0.1, 0.15) is 5.69 Å². The normalized spacial score (nSPS) is 9.71. The monoisotopic (exact) mass is 240 g/mol. The van der Waals surface area contributed by atoms with Crippen molar-refractivity contribution in [1.29, 1.82) is 5.26 Å². The first-order valence-electron chi connectivity index (χ1n) is 4.89. The summed E-state index contributed by atoms with van der Waals surface area (Å²) in [6.45, 7) is 0.145. The summed E-state index contributed by atoms with van der Waals surface area (Å²) in [5.41, 5.74) is -0.439. The van der Waals surface area contributed by atoms with Crippen molar-refractivity contribution in [3.05, 3.63) is 29.3 Å². The molecule has 0 saturated heterocycles. The van der Waals surface area contributed by atoms with E-state index in [1.54, 1.807) is 6.07 Å². The first kappa shape index (κ1) is 12.9. The summed E-state index contributed by atoms with van der Waals surface area (Å²) in [6.07, 6.45) is 0.181. The topological polar surface area (TPSA) is 73.1 Å². The zero-order chi connectivity index (χ0) is 12.8. The molecule has 6 heteroatoms. The number of halogens is 2. The maximum absolute atomic E-state index is 13.3. The summed E-state index contributed by atoms with van der Waals surface area (Å²) in [5, 5.41) is 19.3. The lowest BCUT2D eigenvalue weighted by atomic mass is 10.2. The summed E-state index contributed by atoms with van der Waals surface area (Å²) in [7, 11) is 0. The van der Waals surface area contributed by atoms with E-state index in [9.17, 15) is 13.6 Å². The van der Waals surface area contributed by atoms with E-state index in [0.717, 1.165) is 12.1 Å². The smallest absolute Gasteiger partial charge is 0.303 e. The van der Waals surface area contributed by atoms with E-state index in [-0.39, 0.29) is 30.6 Å². The van der Waals surface area contributed by atoms with Crippen molar-refractivity contribution in [2.75, 3.05) is 11.9 Å². The quantitative estimate of drug-likeness (QED) is 0.773. The molecule has 0 amide bonds. The number of nitrogens with one attached hydrogen (secondary N) is 1. The lowest BCUT2D eigenvalue weighted by molar-refractivity contribution is -0.137. The summed E-state index contributed by atoms with van der Waals surface area (Å²) < 4.78 is 26.6. The largest absolute Gasteiger partial charge is 0.481 e. The van der Waals surface area contributed by atoms with E-state index in [1.807, 2.05) is 0 Å². The molecule has 0 aromatic heterocycles. The fourth-order valence-electron chi connectivity index (χ4n) is 1.26. The third-order valence-corrected chi connectivity index (χ3v) is 2.04. The lowest BCUT2D eigenvalue weighted by Crippen LogP contribution is -2.08. The molecule has 0 radical (unpaired) electrons. The maximum Gasteiger partial charge on any atom is 0.303 e. The van der Waals surface area contributed by atoms with Crippen molar-refractivity contribution in [1.82, 2.24) is 0 Å². The Hall–Kier alpha value is -2.16. The molecule has 0 unspecified atom stereocenters. The number of aliphatic carboxylic acids is 1. The van der Waals surface area contributed by atoms with Crippen LogP contribution in [0.5, 0.6) is 0 Å². The number of nitrogens with zero attached hydrogens (tertiary/aromatic N) is 1. The van der Waals surface area contributed by atoms with Gasteiger partial charge in [-0.15, -0.1) is 0 Å². The van der Waals surface area contributed by atoms with Crippen LogP contribution < -0.4 is 5.32 Å². The SMILES string of the molecule is N#Cc1cc(F)c(NCCCC(=O)O)c(F)c1. The van der Waals surface area contributed by atoms with Gasteiger partial charge in [0.15, 0.2) is 11.6 Å². The minimum Gasteiger partial charge on any atom is -0.481 e. The summed E-state index contributed by atoms with van der Waals surface area (Å²) >= 11 is 0. The van der Waals surface area contributed by atoms with E-state index in [4.69, 9.17) is 10.4 Å². The summed E-state index contributed by atoms with van der Waals surface area (Å²) in [6, 6.07) is 3.47. The Balaban J connectivity index is 2.66. The van der Waals surface area contributed by atoms with Crippen molar-refractivity contribution < 1.29 is 18.7 Å². The molecule has 0 aliphatic carbocycles. The van der Waals surface area contributed by atoms with E-state index >= 15 is 0 Å². The molecule has 17 heavy (non-hydrogen) atoms. The van der Waals surface area contributed by atoms with E-state index < -0.39 is 17.6 Å². The Bertz CT molecular complexity index is 446. The molecular formula is C11H10F2N2O2. The van der Waals surface area contributed by atoms with Gasteiger partial charge in [-0.2, -0.15) is 5.26 Å².